The first kappa shape index (κ1) is 17.8. The summed E-state index contributed by atoms with van der Waals surface area (Å²) in [5.41, 5.74) is 2.48. The van der Waals surface area contributed by atoms with Crippen molar-refractivity contribution in [1.82, 2.24) is 20.5 Å². The smallest absolute Gasteiger partial charge is 0.191 e. The molecule has 27 heavy (non-hydrogen) atoms. The van der Waals surface area contributed by atoms with Gasteiger partial charge >= 0.3 is 0 Å². The van der Waals surface area contributed by atoms with Crippen LogP contribution >= 0.6 is 0 Å². The molecule has 2 aromatic heterocycles. The van der Waals surface area contributed by atoms with Crippen LogP contribution in [0.15, 0.2) is 34.9 Å². The summed E-state index contributed by atoms with van der Waals surface area (Å²) in [6.45, 7) is 1.82. The number of benzene rings is 1. The van der Waals surface area contributed by atoms with E-state index in [9.17, 15) is 4.79 Å². The van der Waals surface area contributed by atoms with Gasteiger partial charge in [-0.25, -0.2) is 4.98 Å². The third kappa shape index (κ3) is 3.90. The SMILES string of the molecule is CNC1CCC(C(=O)Cc2cc3cc(-c4cnc(C)o4)ccc3nn2)CC1. The first-order valence-electron chi connectivity index (χ1n) is 9.51. The Bertz CT molecular complexity index is 958. The van der Waals surface area contributed by atoms with Gasteiger partial charge in [0.2, 0.25) is 0 Å². The van der Waals surface area contributed by atoms with Crippen LogP contribution in [0.2, 0.25) is 0 Å². The standard InChI is InChI=1S/C21H24N4O2/c1-13-23-12-21(27-13)15-5-8-19-16(9-15)10-18(24-25-19)11-20(26)14-3-6-17(22-2)7-4-14/h5,8-10,12,14,17,22H,3-4,6-7,11H2,1-2H3. The molecule has 0 aliphatic heterocycles. The van der Waals surface area contributed by atoms with Gasteiger partial charge in [0.25, 0.3) is 0 Å². The van der Waals surface area contributed by atoms with Crippen LogP contribution in [0.4, 0.5) is 0 Å². The number of carbonyl (C=O) groups is 1. The largest absolute Gasteiger partial charge is 0.441 e. The van der Waals surface area contributed by atoms with Crippen molar-refractivity contribution in [3.05, 3.63) is 42.0 Å². The van der Waals surface area contributed by atoms with Crippen LogP contribution < -0.4 is 5.32 Å². The minimum atomic E-state index is 0.149. The van der Waals surface area contributed by atoms with Crippen LogP contribution in [-0.2, 0) is 11.2 Å². The summed E-state index contributed by atoms with van der Waals surface area (Å²) in [6.07, 6.45) is 6.12. The van der Waals surface area contributed by atoms with Crippen molar-refractivity contribution in [1.29, 1.82) is 0 Å². The van der Waals surface area contributed by atoms with Crippen molar-refractivity contribution >= 4 is 16.7 Å². The number of ketones is 1. The van der Waals surface area contributed by atoms with Crippen molar-refractivity contribution < 1.29 is 9.21 Å². The molecule has 1 N–H and O–H groups in total. The molecule has 0 saturated heterocycles. The lowest BCUT2D eigenvalue weighted by molar-refractivity contribution is -0.123. The first-order valence-corrected chi connectivity index (χ1v) is 9.51. The Balaban J connectivity index is 1.51. The van der Waals surface area contributed by atoms with E-state index >= 15 is 0 Å². The van der Waals surface area contributed by atoms with E-state index in [0.717, 1.165) is 53.6 Å². The quantitative estimate of drug-likeness (QED) is 0.746. The van der Waals surface area contributed by atoms with Crippen LogP contribution in [-0.4, -0.2) is 34.1 Å². The fourth-order valence-corrected chi connectivity index (χ4v) is 3.85. The van der Waals surface area contributed by atoms with Crippen molar-refractivity contribution in [3.8, 4) is 11.3 Å². The Morgan fingerprint density at radius 3 is 2.70 bits per heavy atom. The summed E-state index contributed by atoms with van der Waals surface area (Å²) in [5, 5.41) is 12.8. The number of aryl methyl sites for hydroxylation is 1. The molecule has 4 rings (SSSR count). The van der Waals surface area contributed by atoms with Crippen LogP contribution in [0.3, 0.4) is 0 Å². The van der Waals surface area contributed by atoms with Gasteiger partial charge in [0.05, 0.1) is 23.8 Å². The zero-order valence-electron chi connectivity index (χ0n) is 15.7. The molecule has 0 radical (unpaired) electrons. The third-order valence-corrected chi connectivity index (χ3v) is 5.49. The lowest BCUT2D eigenvalue weighted by Gasteiger charge is -2.27. The summed E-state index contributed by atoms with van der Waals surface area (Å²) < 4.78 is 5.60. The van der Waals surface area contributed by atoms with E-state index in [2.05, 4.69) is 20.5 Å². The summed E-state index contributed by atoms with van der Waals surface area (Å²) in [4.78, 5) is 16.8. The number of carbonyl (C=O) groups excluding carboxylic acids is 1. The van der Waals surface area contributed by atoms with Gasteiger partial charge in [-0.15, -0.1) is 0 Å². The molecule has 1 fully saturated rings. The number of nitrogens with one attached hydrogen (secondary N) is 1. The Hall–Kier alpha value is -2.60. The number of fused-ring (bicyclic) bond motifs is 1. The monoisotopic (exact) mass is 364 g/mol. The highest BCUT2D eigenvalue weighted by molar-refractivity contribution is 5.86. The minimum Gasteiger partial charge on any atom is -0.441 e. The third-order valence-electron chi connectivity index (χ3n) is 5.49. The summed E-state index contributed by atoms with van der Waals surface area (Å²) >= 11 is 0. The maximum atomic E-state index is 12.7. The normalized spacial score (nSPS) is 20.1. The van der Waals surface area contributed by atoms with Gasteiger partial charge in [-0.1, -0.05) is 0 Å². The second kappa shape index (κ2) is 7.56. The zero-order valence-corrected chi connectivity index (χ0v) is 15.7. The molecule has 3 aromatic rings. The first-order chi connectivity index (χ1) is 13.1. The number of aromatic nitrogens is 3. The van der Waals surface area contributed by atoms with E-state index in [1.54, 1.807) is 6.20 Å². The van der Waals surface area contributed by atoms with Gasteiger partial charge in [0.15, 0.2) is 11.7 Å². The molecule has 6 nitrogen and oxygen atoms in total. The number of rotatable bonds is 5. The zero-order chi connectivity index (χ0) is 18.8. The number of hydrogen-bond acceptors (Lipinski definition) is 6. The number of oxazole rings is 1. The molecule has 140 valence electrons. The molecular weight excluding hydrogens is 340 g/mol. The fraction of sp³-hybridized carbons (Fsp3) is 0.429. The molecule has 0 spiro atoms. The molecule has 1 aromatic carbocycles. The lowest BCUT2D eigenvalue weighted by Crippen LogP contribution is -2.33. The predicted octanol–water partition coefficient (Wildman–Crippen LogP) is 3.48. The Kier molecular flexibility index (Phi) is 4.99. The number of hydrogen-bond donors (Lipinski definition) is 1. The Morgan fingerprint density at radius 2 is 2.00 bits per heavy atom. The van der Waals surface area contributed by atoms with Gasteiger partial charge in [-0.2, -0.15) is 10.2 Å². The van der Waals surface area contributed by atoms with Crippen molar-refractivity contribution in [2.75, 3.05) is 7.05 Å². The second-order valence-electron chi connectivity index (χ2n) is 7.33. The lowest BCUT2D eigenvalue weighted by atomic mass is 9.82. The van der Waals surface area contributed by atoms with Crippen LogP contribution in [0.1, 0.15) is 37.3 Å². The summed E-state index contributed by atoms with van der Waals surface area (Å²) in [5.74, 6) is 1.79. The number of Topliss-reactive ketones (excluding diaryl/α,β-unsaturated/α-hetero) is 1. The van der Waals surface area contributed by atoms with E-state index in [1.807, 2.05) is 38.2 Å². The summed E-state index contributed by atoms with van der Waals surface area (Å²) in [6, 6.07) is 8.39. The van der Waals surface area contributed by atoms with Crippen LogP contribution in [0, 0.1) is 12.8 Å². The highest BCUT2D eigenvalue weighted by atomic mass is 16.4. The second-order valence-corrected chi connectivity index (χ2v) is 7.33. The Morgan fingerprint density at radius 1 is 1.19 bits per heavy atom. The number of nitrogens with zero attached hydrogens (tertiary/aromatic N) is 3. The van der Waals surface area contributed by atoms with Gasteiger partial charge in [0, 0.05) is 29.8 Å². The van der Waals surface area contributed by atoms with Gasteiger partial charge in [-0.3, -0.25) is 4.79 Å². The average molecular weight is 364 g/mol. The van der Waals surface area contributed by atoms with Crippen molar-refractivity contribution in [2.24, 2.45) is 5.92 Å². The maximum Gasteiger partial charge on any atom is 0.191 e. The molecule has 0 unspecified atom stereocenters. The fourth-order valence-electron chi connectivity index (χ4n) is 3.85. The predicted molar refractivity (Wildman–Crippen MR) is 103 cm³/mol. The van der Waals surface area contributed by atoms with Gasteiger partial charge < -0.3 is 9.73 Å². The van der Waals surface area contributed by atoms with E-state index < -0.39 is 0 Å². The molecule has 1 aliphatic carbocycles. The summed E-state index contributed by atoms with van der Waals surface area (Å²) in [7, 11) is 1.99. The molecule has 0 atom stereocenters. The van der Waals surface area contributed by atoms with E-state index in [0.29, 0.717) is 18.4 Å². The highest BCUT2D eigenvalue weighted by Crippen LogP contribution is 2.27. The maximum absolute atomic E-state index is 12.7. The topological polar surface area (TPSA) is 80.9 Å². The van der Waals surface area contributed by atoms with Crippen molar-refractivity contribution in [3.63, 3.8) is 0 Å². The van der Waals surface area contributed by atoms with E-state index in [1.165, 1.54) is 0 Å². The van der Waals surface area contributed by atoms with Gasteiger partial charge in [-0.05, 0) is 57.0 Å². The van der Waals surface area contributed by atoms with Gasteiger partial charge in [0.1, 0.15) is 5.78 Å². The highest BCUT2D eigenvalue weighted by Gasteiger charge is 2.25. The molecule has 0 amide bonds. The van der Waals surface area contributed by atoms with Crippen LogP contribution in [0.25, 0.3) is 22.2 Å². The van der Waals surface area contributed by atoms with Crippen LogP contribution in [0.5, 0.6) is 0 Å². The molecular formula is C21H24N4O2. The average Bonchev–Trinajstić information content (AvgIpc) is 3.14. The molecule has 1 saturated carbocycles. The Labute approximate surface area is 158 Å². The van der Waals surface area contributed by atoms with E-state index in [4.69, 9.17) is 4.42 Å². The van der Waals surface area contributed by atoms with E-state index in [-0.39, 0.29) is 11.7 Å². The minimum absolute atomic E-state index is 0.149. The molecule has 1 aliphatic rings. The van der Waals surface area contributed by atoms with Crippen molar-refractivity contribution in [2.45, 2.75) is 45.1 Å². The molecule has 0 bridgehead atoms. The molecule has 2 heterocycles. The molecule has 6 heteroatoms.